The molecule has 3 heterocycles. The molecule has 2 aromatic carbocycles. The van der Waals surface area contributed by atoms with Gasteiger partial charge in [-0.25, -0.2) is 13.4 Å². The lowest BCUT2D eigenvalue weighted by Crippen LogP contribution is -2.40. The number of benzene rings is 2. The second-order valence-electron chi connectivity index (χ2n) is 8.25. The molecule has 0 bridgehead atoms. The molecule has 0 aliphatic carbocycles. The van der Waals surface area contributed by atoms with Crippen molar-refractivity contribution in [3.05, 3.63) is 63.2 Å². The van der Waals surface area contributed by atoms with E-state index in [4.69, 9.17) is 14.5 Å². The van der Waals surface area contributed by atoms with Gasteiger partial charge >= 0.3 is 0 Å². The quantitative estimate of drug-likeness (QED) is 0.445. The van der Waals surface area contributed by atoms with Gasteiger partial charge < -0.3 is 14.0 Å². The van der Waals surface area contributed by atoms with E-state index in [0.717, 1.165) is 46.5 Å². The zero-order chi connectivity index (χ0) is 23.5. The largest absolute Gasteiger partial charge is 0.379 e. The Bertz CT molecular complexity index is 1310. The van der Waals surface area contributed by atoms with Crippen LogP contribution in [0.2, 0.25) is 0 Å². The van der Waals surface area contributed by atoms with Crippen LogP contribution < -0.4 is 4.80 Å². The number of aromatic nitrogens is 1. The average molecular weight is 565 g/mol. The van der Waals surface area contributed by atoms with E-state index >= 15 is 0 Å². The van der Waals surface area contributed by atoms with E-state index < -0.39 is 10.0 Å². The van der Waals surface area contributed by atoms with E-state index in [2.05, 4.69) is 31.9 Å². The first-order chi connectivity index (χ1) is 16.5. The molecule has 2 saturated heterocycles. The van der Waals surface area contributed by atoms with Crippen molar-refractivity contribution in [1.29, 1.82) is 0 Å². The van der Waals surface area contributed by atoms with Crippen molar-refractivity contribution in [3.8, 4) is 11.3 Å². The van der Waals surface area contributed by atoms with Crippen LogP contribution in [-0.4, -0.2) is 56.3 Å². The van der Waals surface area contributed by atoms with E-state index in [1.54, 1.807) is 35.6 Å². The SMILES string of the molecule is O=S(=O)(c1ccc(N=c2scc(-c3ccccc3Br)n2C[C@@H]2CCCO2)cc1)N1CCOCC1. The summed E-state index contributed by atoms with van der Waals surface area (Å²) in [6.45, 7) is 3.13. The molecule has 180 valence electrons. The van der Waals surface area contributed by atoms with Crippen molar-refractivity contribution in [3.63, 3.8) is 0 Å². The van der Waals surface area contributed by atoms with Gasteiger partial charge in [-0.05, 0) is 43.2 Å². The van der Waals surface area contributed by atoms with Gasteiger partial charge in [0, 0.05) is 35.1 Å². The summed E-state index contributed by atoms with van der Waals surface area (Å²) in [6.07, 6.45) is 2.27. The molecule has 7 nitrogen and oxygen atoms in total. The Hall–Kier alpha value is -1.82. The Morgan fingerprint density at radius 2 is 1.82 bits per heavy atom. The second kappa shape index (κ2) is 10.4. The van der Waals surface area contributed by atoms with Crippen molar-refractivity contribution in [2.75, 3.05) is 32.9 Å². The van der Waals surface area contributed by atoms with Crippen LogP contribution in [0.1, 0.15) is 12.8 Å². The topological polar surface area (TPSA) is 73.1 Å². The smallest absolute Gasteiger partial charge is 0.243 e. The molecule has 3 aromatic rings. The fraction of sp³-hybridized carbons (Fsp3) is 0.375. The number of thiazole rings is 1. The number of sulfonamides is 1. The van der Waals surface area contributed by atoms with Crippen LogP contribution in [0.25, 0.3) is 11.3 Å². The van der Waals surface area contributed by atoms with Crippen LogP contribution in [0.15, 0.2) is 68.3 Å². The monoisotopic (exact) mass is 563 g/mol. The summed E-state index contributed by atoms with van der Waals surface area (Å²) in [6, 6.07) is 15.0. The molecule has 0 N–H and O–H groups in total. The standard InChI is InChI=1S/C24H26BrN3O4S2/c25-22-6-2-1-5-21(22)23-17-33-24(28(23)16-19-4-3-13-32-19)26-18-7-9-20(10-8-18)34(29,30)27-11-14-31-15-12-27/h1-2,5-10,17,19H,3-4,11-16H2/t19-/m0/s1. The van der Waals surface area contributed by atoms with Crippen LogP contribution in [-0.2, 0) is 26.0 Å². The van der Waals surface area contributed by atoms with Crippen LogP contribution in [0, 0.1) is 0 Å². The van der Waals surface area contributed by atoms with E-state index in [-0.39, 0.29) is 11.0 Å². The summed E-state index contributed by atoms with van der Waals surface area (Å²) in [5.41, 5.74) is 2.89. The maximum atomic E-state index is 12.9. The molecule has 2 fully saturated rings. The number of ether oxygens (including phenoxy) is 2. The summed E-state index contributed by atoms with van der Waals surface area (Å²) in [7, 11) is -3.52. The molecule has 0 amide bonds. The van der Waals surface area contributed by atoms with Gasteiger partial charge in [0.25, 0.3) is 0 Å². The number of halogens is 1. The molecule has 0 saturated carbocycles. The predicted molar refractivity (Wildman–Crippen MR) is 136 cm³/mol. The fourth-order valence-electron chi connectivity index (χ4n) is 4.21. The Labute approximate surface area is 211 Å². The third-order valence-electron chi connectivity index (χ3n) is 6.03. The highest BCUT2D eigenvalue weighted by Gasteiger charge is 2.26. The predicted octanol–water partition coefficient (Wildman–Crippen LogP) is 4.41. The second-order valence-corrected chi connectivity index (χ2v) is 11.9. The summed E-state index contributed by atoms with van der Waals surface area (Å²) in [4.78, 5) is 6.01. The highest BCUT2D eigenvalue weighted by molar-refractivity contribution is 9.10. The van der Waals surface area contributed by atoms with Crippen LogP contribution in [0.5, 0.6) is 0 Å². The first-order valence-corrected chi connectivity index (χ1v) is 14.4. The molecular weight excluding hydrogens is 538 g/mol. The molecule has 0 unspecified atom stereocenters. The normalized spacial score (nSPS) is 20.1. The number of morpholine rings is 1. The highest BCUT2D eigenvalue weighted by atomic mass is 79.9. The van der Waals surface area contributed by atoms with Crippen molar-refractivity contribution >= 4 is 43.0 Å². The third-order valence-corrected chi connectivity index (χ3v) is 9.49. The molecular formula is C24H26BrN3O4S2. The Kier molecular flexibility index (Phi) is 7.33. The molecule has 0 radical (unpaired) electrons. The Balaban J connectivity index is 1.48. The Morgan fingerprint density at radius 3 is 2.53 bits per heavy atom. The maximum absolute atomic E-state index is 12.9. The van der Waals surface area contributed by atoms with Gasteiger partial charge in [-0.15, -0.1) is 11.3 Å². The van der Waals surface area contributed by atoms with Crippen molar-refractivity contribution < 1.29 is 17.9 Å². The average Bonchev–Trinajstić information content (AvgIpc) is 3.51. The van der Waals surface area contributed by atoms with Gasteiger partial charge in [0.15, 0.2) is 4.80 Å². The molecule has 5 rings (SSSR count). The van der Waals surface area contributed by atoms with E-state index in [1.807, 2.05) is 18.2 Å². The van der Waals surface area contributed by atoms with Gasteiger partial charge in [0.05, 0.1) is 42.1 Å². The van der Waals surface area contributed by atoms with Gasteiger partial charge in [-0.3, -0.25) is 0 Å². The van der Waals surface area contributed by atoms with Crippen LogP contribution >= 0.6 is 27.3 Å². The number of hydrogen-bond donors (Lipinski definition) is 0. The number of rotatable bonds is 6. The molecule has 0 spiro atoms. The molecule has 2 aliphatic rings. The fourth-order valence-corrected chi connectivity index (χ4v) is 7.04. The lowest BCUT2D eigenvalue weighted by atomic mass is 10.1. The molecule has 1 aromatic heterocycles. The van der Waals surface area contributed by atoms with Gasteiger partial charge in [-0.2, -0.15) is 4.31 Å². The van der Waals surface area contributed by atoms with Gasteiger partial charge in [-0.1, -0.05) is 34.1 Å². The van der Waals surface area contributed by atoms with Gasteiger partial charge in [0.1, 0.15) is 0 Å². The minimum atomic E-state index is -3.52. The van der Waals surface area contributed by atoms with Crippen molar-refractivity contribution in [2.45, 2.75) is 30.4 Å². The molecule has 2 aliphatic heterocycles. The zero-order valence-electron chi connectivity index (χ0n) is 18.6. The minimum absolute atomic E-state index is 0.163. The maximum Gasteiger partial charge on any atom is 0.243 e. The third kappa shape index (κ3) is 5.07. The summed E-state index contributed by atoms with van der Waals surface area (Å²) in [5, 5.41) is 2.12. The highest BCUT2D eigenvalue weighted by Crippen LogP contribution is 2.30. The first-order valence-electron chi connectivity index (χ1n) is 11.3. The summed E-state index contributed by atoms with van der Waals surface area (Å²) >= 11 is 5.25. The number of hydrogen-bond acceptors (Lipinski definition) is 6. The lowest BCUT2D eigenvalue weighted by molar-refractivity contribution is 0.0730. The molecule has 1 atom stereocenters. The van der Waals surface area contributed by atoms with Crippen LogP contribution in [0.4, 0.5) is 5.69 Å². The van der Waals surface area contributed by atoms with E-state index in [0.29, 0.717) is 32.0 Å². The molecule has 10 heteroatoms. The van der Waals surface area contributed by atoms with Crippen LogP contribution in [0.3, 0.4) is 0 Å². The minimum Gasteiger partial charge on any atom is -0.379 e. The Morgan fingerprint density at radius 1 is 1.06 bits per heavy atom. The van der Waals surface area contributed by atoms with Crippen molar-refractivity contribution in [1.82, 2.24) is 8.87 Å². The lowest BCUT2D eigenvalue weighted by Gasteiger charge is -2.26. The van der Waals surface area contributed by atoms with E-state index in [1.165, 1.54) is 4.31 Å². The molecule has 34 heavy (non-hydrogen) atoms. The zero-order valence-corrected chi connectivity index (χ0v) is 21.8. The number of nitrogens with zero attached hydrogens (tertiary/aromatic N) is 3. The first kappa shape index (κ1) is 23.9. The summed E-state index contributed by atoms with van der Waals surface area (Å²) < 4.78 is 41.7. The van der Waals surface area contributed by atoms with E-state index in [9.17, 15) is 8.42 Å². The van der Waals surface area contributed by atoms with Gasteiger partial charge in [0.2, 0.25) is 10.0 Å². The summed E-state index contributed by atoms with van der Waals surface area (Å²) in [5.74, 6) is 0. The van der Waals surface area contributed by atoms with Crippen molar-refractivity contribution in [2.24, 2.45) is 4.99 Å².